The van der Waals surface area contributed by atoms with Crippen LogP contribution in [0.1, 0.15) is 5.56 Å². The highest BCUT2D eigenvalue weighted by Crippen LogP contribution is 2.15. The molecule has 0 aliphatic carbocycles. The van der Waals surface area contributed by atoms with Gasteiger partial charge in [0.15, 0.2) is 6.61 Å². The van der Waals surface area contributed by atoms with Crippen molar-refractivity contribution in [2.45, 2.75) is 0 Å². The number of aromatic nitrogens is 1. The highest BCUT2D eigenvalue weighted by molar-refractivity contribution is 5.98. The predicted molar refractivity (Wildman–Crippen MR) is 118 cm³/mol. The Bertz CT molecular complexity index is 973. The number of anilines is 2. The van der Waals surface area contributed by atoms with Gasteiger partial charge >= 0.3 is 5.97 Å². The minimum Gasteiger partial charge on any atom is -0.451 e. The average Bonchev–Trinajstić information content (AvgIpc) is 2.81. The van der Waals surface area contributed by atoms with Crippen LogP contribution in [0.5, 0.6) is 0 Å². The maximum atomic E-state index is 12.4. The van der Waals surface area contributed by atoms with Gasteiger partial charge in [0.25, 0.3) is 5.91 Å². The molecule has 1 fully saturated rings. The van der Waals surface area contributed by atoms with Crippen LogP contribution in [0.4, 0.5) is 11.5 Å². The number of benzene rings is 1. The number of nitriles is 1. The van der Waals surface area contributed by atoms with E-state index >= 15 is 0 Å². The van der Waals surface area contributed by atoms with E-state index in [1.165, 1.54) is 6.08 Å². The first-order valence-electron chi connectivity index (χ1n) is 9.98. The van der Waals surface area contributed by atoms with Crippen LogP contribution >= 0.6 is 0 Å². The van der Waals surface area contributed by atoms with Crippen molar-refractivity contribution in [2.24, 2.45) is 0 Å². The highest BCUT2D eigenvalue weighted by Gasteiger charge is 2.23. The zero-order valence-electron chi connectivity index (χ0n) is 17.7. The van der Waals surface area contributed by atoms with E-state index in [-0.39, 0.29) is 18.1 Å². The topological polar surface area (TPSA) is 89.8 Å². The molecule has 0 atom stereocenters. The summed E-state index contributed by atoms with van der Waals surface area (Å²) in [4.78, 5) is 34.7. The summed E-state index contributed by atoms with van der Waals surface area (Å²) in [6.07, 6.45) is 3.20. The number of piperazine rings is 1. The van der Waals surface area contributed by atoms with Crippen LogP contribution in [0.3, 0.4) is 0 Å². The lowest BCUT2D eigenvalue weighted by molar-refractivity contribution is -0.148. The van der Waals surface area contributed by atoms with E-state index in [0.29, 0.717) is 31.7 Å². The van der Waals surface area contributed by atoms with Crippen molar-refractivity contribution in [2.75, 3.05) is 56.7 Å². The van der Waals surface area contributed by atoms with Crippen LogP contribution in [0.15, 0.2) is 54.2 Å². The van der Waals surface area contributed by atoms with Gasteiger partial charge in [0, 0.05) is 52.2 Å². The Morgan fingerprint density at radius 1 is 1.13 bits per heavy atom. The fourth-order valence-corrected chi connectivity index (χ4v) is 3.19. The van der Waals surface area contributed by atoms with Crippen LogP contribution in [-0.2, 0) is 14.3 Å². The molecule has 1 saturated heterocycles. The zero-order chi connectivity index (χ0) is 22.2. The Morgan fingerprint density at radius 3 is 2.42 bits per heavy atom. The van der Waals surface area contributed by atoms with E-state index in [9.17, 15) is 14.9 Å². The predicted octanol–water partition coefficient (Wildman–Crippen LogP) is 1.95. The summed E-state index contributed by atoms with van der Waals surface area (Å²) in [5, 5.41) is 9.32. The number of nitrogens with zero attached hydrogens (tertiary/aromatic N) is 5. The smallest absolute Gasteiger partial charge is 0.349 e. The van der Waals surface area contributed by atoms with Gasteiger partial charge in [0.1, 0.15) is 17.5 Å². The molecule has 2 aromatic rings. The lowest BCUT2D eigenvalue weighted by Gasteiger charge is -2.35. The van der Waals surface area contributed by atoms with Crippen molar-refractivity contribution in [3.05, 3.63) is 59.8 Å². The van der Waals surface area contributed by atoms with Crippen LogP contribution in [0.25, 0.3) is 6.08 Å². The number of ether oxygens (including phenoxy) is 1. The summed E-state index contributed by atoms with van der Waals surface area (Å²) in [6.45, 7) is 1.96. The molecule has 1 aliphatic heterocycles. The van der Waals surface area contributed by atoms with Crippen LogP contribution < -0.4 is 9.80 Å². The van der Waals surface area contributed by atoms with Crippen molar-refractivity contribution in [3.63, 3.8) is 0 Å². The number of rotatable bonds is 6. The first-order valence-corrected chi connectivity index (χ1v) is 9.98. The molecule has 3 rings (SSSR count). The summed E-state index contributed by atoms with van der Waals surface area (Å²) >= 11 is 0. The van der Waals surface area contributed by atoms with Crippen molar-refractivity contribution < 1.29 is 14.3 Å². The SMILES string of the molecule is CN(C)c1ccc(/C=C(\C#N)C(=O)OCC(=O)N2CCN(c3ccccn3)CC2)cc1. The third-order valence-electron chi connectivity index (χ3n) is 4.99. The second kappa shape index (κ2) is 10.3. The maximum Gasteiger partial charge on any atom is 0.349 e. The minimum absolute atomic E-state index is 0.148. The molecule has 2 heterocycles. The fourth-order valence-electron chi connectivity index (χ4n) is 3.19. The number of hydrogen-bond donors (Lipinski definition) is 0. The van der Waals surface area contributed by atoms with Gasteiger partial charge < -0.3 is 19.4 Å². The number of carbonyl (C=O) groups is 2. The molecule has 0 saturated carbocycles. The molecule has 0 N–H and O–H groups in total. The van der Waals surface area contributed by atoms with E-state index in [2.05, 4.69) is 9.88 Å². The van der Waals surface area contributed by atoms with Gasteiger partial charge in [-0.2, -0.15) is 5.26 Å². The molecule has 1 amide bonds. The molecule has 1 aliphatic rings. The number of hydrogen-bond acceptors (Lipinski definition) is 7. The molecule has 1 aromatic carbocycles. The number of pyridine rings is 1. The Labute approximate surface area is 182 Å². The van der Waals surface area contributed by atoms with Gasteiger partial charge in [-0.25, -0.2) is 9.78 Å². The molecule has 8 nitrogen and oxygen atoms in total. The molecule has 0 radical (unpaired) electrons. The van der Waals surface area contributed by atoms with E-state index in [4.69, 9.17) is 4.74 Å². The minimum atomic E-state index is -0.806. The zero-order valence-corrected chi connectivity index (χ0v) is 17.7. The van der Waals surface area contributed by atoms with Crippen LogP contribution in [0.2, 0.25) is 0 Å². The van der Waals surface area contributed by atoms with Gasteiger partial charge in [0.05, 0.1) is 0 Å². The third-order valence-corrected chi connectivity index (χ3v) is 4.99. The molecule has 31 heavy (non-hydrogen) atoms. The van der Waals surface area contributed by atoms with Gasteiger partial charge in [-0.05, 0) is 35.9 Å². The molecule has 0 unspecified atom stereocenters. The highest BCUT2D eigenvalue weighted by atomic mass is 16.5. The van der Waals surface area contributed by atoms with E-state index in [1.807, 2.05) is 67.5 Å². The average molecular weight is 419 g/mol. The number of carbonyl (C=O) groups excluding carboxylic acids is 2. The van der Waals surface area contributed by atoms with Crippen LogP contribution in [-0.4, -0.2) is 68.6 Å². The maximum absolute atomic E-state index is 12.4. The fraction of sp³-hybridized carbons (Fsp3) is 0.304. The third kappa shape index (κ3) is 5.82. The second-order valence-corrected chi connectivity index (χ2v) is 7.29. The summed E-state index contributed by atoms with van der Waals surface area (Å²) in [7, 11) is 3.86. The summed E-state index contributed by atoms with van der Waals surface area (Å²) in [6, 6.07) is 15.0. The summed E-state index contributed by atoms with van der Waals surface area (Å²) in [5.74, 6) is -0.204. The summed E-state index contributed by atoms with van der Waals surface area (Å²) < 4.78 is 5.10. The monoisotopic (exact) mass is 419 g/mol. The summed E-state index contributed by atoms with van der Waals surface area (Å²) in [5.41, 5.74) is 1.56. The first kappa shape index (κ1) is 21.8. The van der Waals surface area contributed by atoms with E-state index in [1.54, 1.807) is 11.1 Å². The molecule has 8 heteroatoms. The normalized spacial score (nSPS) is 14.0. The molecule has 0 spiro atoms. The van der Waals surface area contributed by atoms with Crippen molar-refractivity contribution in [1.29, 1.82) is 5.26 Å². The molecule has 160 valence electrons. The standard InChI is InChI=1S/C23H25N5O3/c1-26(2)20-8-6-18(7-9-20)15-19(16-24)23(30)31-17-22(29)28-13-11-27(12-14-28)21-5-3-4-10-25-21/h3-10,15H,11-14,17H2,1-2H3/b19-15+. The van der Waals surface area contributed by atoms with Crippen molar-refractivity contribution in [1.82, 2.24) is 9.88 Å². The lowest BCUT2D eigenvalue weighted by atomic mass is 10.1. The van der Waals surface area contributed by atoms with Gasteiger partial charge in [-0.1, -0.05) is 18.2 Å². The molecular formula is C23H25N5O3. The largest absolute Gasteiger partial charge is 0.451 e. The van der Waals surface area contributed by atoms with Gasteiger partial charge in [0.2, 0.25) is 0 Å². The Hall–Kier alpha value is -3.86. The Morgan fingerprint density at radius 2 is 1.84 bits per heavy atom. The van der Waals surface area contributed by atoms with E-state index in [0.717, 1.165) is 11.5 Å². The van der Waals surface area contributed by atoms with Crippen LogP contribution in [0, 0.1) is 11.3 Å². The Balaban J connectivity index is 1.51. The first-order chi connectivity index (χ1) is 15.0. The quantitative estimate of drug-likeness (QED) is 0.402. The Kier molecular flexibility index (Phi) is 7.22. The van der Waals surface area contributed by atoms with Crippen molar-refractivity contribution in [3.8, 4) is 6.07 Å². The molecule has 0 bridgehead atoms. The second-order valence-electron chi connectivity index (χ2n) is 7.29. The molecular weight excluding hydrogens is 394 g/mol. The van der Waals surface area contributed by atoms with E-state index < -0.39 is 5.97 Å². The van der Waals surface area contributed by atoms with Crippen molar-refractivity contribution >= 4 is 29.5 Å². The van der Waals surface area contributed by atoms with Gasteiger partial charge in [-0.3, -0.25) is 4.79 Å². The number of amides is 1. The number of esters is 1. The van der Waals surface area contributed by atoms with Gasteiger partial charge in [-0.15, -0.1) is 0 Å². The lowest BCUT2D eigenvalue weighted by Crippen LogP contribution is -2.50. The molecule has 1 aromatic heterocycles.